The summed E-state index contributed by atoms with van der Waals surface area (Å²) < 4.78 is 0. The van der Waals surface area contributed by atoms with Gasteiger partial charge in [-0.2, -0.15) is 0 Å². The van der Waals surface area contributed by atoms with Crippen LogP contribution in [0.2, 0.25) is 0 Å². The van der Waals surface area contributed by atoms with Crippen LogP contribution >= 0.6 is 0 Å². The minimum absolute atomic E-state index is 0.317. The van der Waals surface area contributed by atoms with Crippen LogP contribution in [-0.4, -0.2) is 22.5 Å². The largest absolute Gasteiger partial charge is 0.291 e. The molecule has 0 amide bonds. The molecule has 1 saturated heterocycles. The van der Waals surface area contributed by atoms with Crippen LogP contribution in [-0.2, 0) is 0 Å². The van der Waals surface area contributed by atoms with Gasteiger partial charge in [0.25, 0.3) is 0 Å². The van der Waals surface area contributed by atoms with Crippen LogP contribution in [0.4, 0.5) is 0 Å². The van der Waals surface area contributed by atoms with Crippen molar-refractivity contribution in [2.75, 3.05) is 0 Å². The van der Waals surface area contributed by atoms with E-state index in [1.54, 1.807) is 0 Å². The third kappa shape index (κ3) is 1.99. The third-order valence-corrected chi connectivity index (χ3v) is 6.61. The van der Waals surface area contributed by atoms with Crippen molar-refractivity contribution in [1.29, 1.82) is 0 Å². The average Bonchev–Trinajstić information content (AvgIpc) is 2.78. The maximum absolute atomic E-state index is 2.98. The molecular weight excluding hydrogens is 242 g/mol. The minimum Gasteiger partial charge on any atom is -0.291 e. The van der Waals surface area contributed by atoms with Gasteiger partial charge in [-0.1, -0.05) is 40.0 Å². The van der Waals surface area contributed by atoms with Gasteiger partial charge in [0.2, 0.25) is 0 Å². The summed E-state index contributed by atoms with van der Waals surface area (Å²) in [6, 6.07) is 1.66. The van der Waals surface area contributed by atoms with Crippen molar-refractivity contribution in [1.82, 2.24) is 4.90 Å². The molecule has 0 aromatic rings. The number of likely N-dealkylation sites (tertiary alicyclic amines) is 1. The van der Waals surface area contributed by atoms with Gasteiger partial charge >= 0.3 is 0 Å². The van der Waals surface area contributed by atoms with Crippen LogP contribution in [0.15, 0.2) is 0 Å². The highest BCUT2D eigenvalue weighted by atomic mass is 15.3. The molecule has 1 heteroatoms. The predicted octanol–water partition coefficient (Wildman–Crippen LogP) is 5.24. The first-order chi connectivity index (χ1) is 9.18. The molecule has 3 rings (SSSR count). The van der Waals surface area contributed by atoms with Crippen LogP contribution in [0.3, 0.4) is 0 Å². The fourth-order valence-electron chi connectivity index (χ4n) is 6.28. The zero-order chi connectivity index (χ0) is 14.8. The van der Waals surface area contributed by atoms with E-state index in [-0.39, 0.29) is 0 Å². The Morgan fingerprint density at radius 3 is 2.10 bits per heavy atom. The van der Waals surface area contributed by atoms with Gasteiger partial charge in [0.1, 0.15) is 0 Å². The van der Waals surface area contributed by atoms with E-state index in [4.69, 9.17) is 0 Å². The molecule has 3 fully saturated rings. The molecule has 0 radical (unpaired) electrons. The van der Waals surface area contributed by atoms with Crippen LogP contribution in [0.25, 0.3) is 0 Å². The maximum Gasteiger partial charge on any atom is 0.0186 e. The van der Waals surface area contributed by atoms with Crippen molar-refractivity contribution in [2.24, 2.45) is 16.7 Å². The van der Waals surface area contributed by atoms with Gasteiger partial charge in [0.05, 0.1) is 0 Å². The molecule has 0 aromatic carbocycles. The molecule has 1 nitrogen and oxygen atoms in total. The summed E-state index contributed by atoms with van der Waals surface area (Å²) in [5.74, 6) is 0.961. The molecule has 20 heavy (non-hydrogen) atoms. The van der Waals surface area contributed by atoms with Gasteiger partial charge in [0, 0.05) is 17.6 Å². The second-order valence-electron chi connectivity index (χ2n) is 9.88. The summed E-state index contributed by atoms with van der Waals surface area (Å²) in [7, 11) is 0. The van der Waals surface area contributed by atoms with Gasteiger partial charge in [-0.3, -0.25) is 4.90 Å². The average molecular weight is 277 g/mol. The first-order valence-electron chi connectivity index (χ1n) is 8.96. The molecular formula is C19H35N. The zero-order valence-corrected chi connectivity index (χ0v) is 14.6. The number of hydrogen-bond donors (Lipinski definition) is 0. The Kier molecular flexibility index (Phi) is 3.33. The van der Waals surface area contributed by atoms with E-state index >= 15 is 0 Å². The third-order valence-electron chi connectivity index (χ3n) is 6.61. The second-order valence-corrected chi connectivity index (χ2v) is 9.88. The van der Waals surface area contributed by atoms with Crippen LogP contribution < -0.4 is 0 Å². The lowest BCUT2D eigenvalue weighted by Crippen LogP contribution is -2.54. The van der Waals surface area contributed by atoms with Gasteiger partial charge in [-0.05, 0) is 63.2 Å². The fourth-order valence-corrected chi connectivity index (χ4v) is 6.28. The van der Waals surface area contributed by atoms with Crippen LogP contribution in [0.1, 0.15) is 86.5 Å². The number of nitrogens with zero attached hydrogens (tertiary/aromatic N) is 1. The van der Waals surface area contributed by atoms with E-state index in [9.17, 15) is 0 Å². The summed E-state index contributed by atoms with van der Waals surface area (Å²) in [6.07, 6.45) is 10.4. The number of hydrogen-bond acceptors (Lipinski definition) is 1. The van der Waals surface area contributed by atoms with Crippen molar-refractivity contribution < 1.29 is 0 Å². The molecule has 0 bridgehead atoms. The summed E-state index contributed by atoms with van der Waals surface area (Å²) in [4.78, 5) is 2.98. The molecule has 1 heterocycles. The van der Waals surface area contributed by atoms with E-state index in [1.165, 1.54) is 44.9 Å². The highest BCUT2D eigenvalue weighted by Gasteiger charge is 2.64. The Bertz CT molecular complexity index is 358. The predicted molar refractivity (Wildman–Crippen MR) is 86.9 cm³/mol. The molecule has 2 saturated carbocycles. The van der Waals surface area contributed by atoms with Gasteiger partial charge in [-0.15, -0.1) is 0 Å². The van der Waals surface area contributed by atoms with Crippen LogP contribution in [0.5, 0.6) is 0 Å². The molecule has 0 aromatic heterocycles. The molecule has 4 unspecified atom stereocenters. The Balaban J connectivity index is 2.08. The van der Waals surface area contributed by atoms with Crippen molar-refractivity contribution in [2.45, 2.75) is 104 Å². The Labute approximate surface area is 126 Å². The lowest BCUT2D eigenvalue weighted by Gasteiger charge is -2.47. The van der Waals surface area contributed by atoms with E-state index in [1.807, 2.05) is 0 Å². The fraction of sp³-hybridized carbons (Fsp3) is 1.00. The lowest BCUT2D eigenvalue weighted by molar-refractivity contribution is 0.0100. The SMILES string of the molecule is CC(C)(C)C1C2CCCCC23CCCC3N1C(C)(C)C. The van der Waals surface area contributed by atoms with E-state index in [0.29, 0.717) is 16.4 Å². The highest BCUT2D eigenvalue weighted by Crippen LogP contribution is 2.64. The maximum atomic E-state index is 2.98. The molecule has 4 atom stereocenters. The van der Waals surface area contributed by atoms with E-state index in [2.05, 4.69) is 46.4 Å². The first kappa shape index (κ1) is 14.9. The standard InChI is InChI=1S/C19H35N/c1-17(2,3)16-14-10-7-8-12-19(14)13-9-11-15(19)20(16)18(4,5)6/h14-16H,7-13H2,1-6H3. The van der Waals surface area contributed by atoms with E-state index in [0.717, 1.165) is 18.0 Å². The quantitative estimate of drug-likeness (QED) is 0.585. The molecule has 1 spiro atoms. The normalized spacial score (nSPS) is 42.6. The monoisotopic (exact) mass is 277 g/mol. The molecule has 116 valence electrons. The Morgan fingerprint density at radius 2 is 1.50 bits per heavy atom. The van der Waals surface area contributed by atoms with Crippen molar-refractivity contribution >= 4 is 0 Å². The highest BCUT2D eigenvalue weighted by molar-refractivity contribution is 5.17. The minimum atomic E-state index is 0.317. The zero-order valence-electron chi connectivity index (χ0n) is 14.6. The summed E-state index contributed by atoms with van der Waals surface area (Å²) in [5, 5.41) is 0. The Morgan fingerprint density at radius 1 is 0.850 bits per heavy atom. The summed E-state index contributed by atoms with van der Waals surface area (Å²) >= 11 is 0. The summed E-state index contributed by atoms with van der Waals surface area (Å²) in [6.45, 7) is 14.8. The first-order valence-corrected chi connectivity index (χ1v) is 8.96. The van der Waals surface area contributed by atoms with Crippen LogP contribution in [0, 0.1) is 16.7 Å². The summed E-state index contributed by atoms with van der Waals surface area (Å²) in [5.41, 5.74) is 1.41. The Hall–Kier alpha value is -0.0400. The van der Waals surface area contributed by atoms with E-state index < -0.39 is 0 Å². The lowest BCUT2D eigenvalue weighted by atomic mass is 9.61. The van der Waals surface area contributed by atoms with Gasteiger partial charge < -0.3 is 0 Å². The second kappa shape index (κ2) is 4.48. The molecule has 1 aliphatic heterocycles. The molecule has 3 aliphatic rings. The van der Waals surface area contributed by atoms with Crippen molar-refractivity contribution in [3.8, 4) is 0 Å². The van der Waals surface area contributed by atoms with Crippen molar-refractivity contribution in [3.63, 3.8) is 0 Å². The van der Waals surface area contributed by atoms with Crippen molar-refractivity contribution in [3.05, 3.63) is 0 Å². The smallest absolute Gasteiger partial charge is 0.0186 e. The topological polar surface area (TPSA) is 3.24 Å². The molecule has 0 N–H and O–H groups in total. The molecule has 2 aliphatic carbocycles. The van der Waals surface area contributed by atoms with Gasteiger partial charge in [0.15, 0.2) is 0 Å². The number of rotatable bonds is 0. The van der Waals surface area contributed by atoms with Gasteiger partial charge in [-0.25, -0.2) is 0 Å².